The number of pyridine rings is 1. The molecular formula is C27H25FN4S. The molecule has 33 heavy (non-hydrogen) atoms. The number of nitrogens with zero attached hydrogens (tertiary/aromatic N) is 3. The molecule has 2 aromatic heterocycles. The monoisotopic (exact) mass is 456 g/mol. The van der Waals surface area contributed by atoms with Gasteiger partial charge in [-0.25, -0.2) is 4.39 Å². The van der Waals surface area contributed by atoms with E-state index in [1.54, 1.807) is 18.3 Å². The Kier molecular flexibility index (Phi) is 5.46. The van der Waals surface area contributed by atoms with Crippen molar-refractivity contribution in [2.75, 3.05) is 4.90 Å². The number of nitrogens with one attached hydrogen (secondary N) is 1. The smallest absolute Gasteiger partial charge is 0.174 e. The Balaban J connectivity index is 1.70. The summed E-state index contributed by atoms with van der Waals surface area (Å²) in [6, 6.07) is 22.8. The number of rotatable bonds is 4. The molecule has 0 saturated carbocycles. The Labute approximate surface area is 198 Å². The van der Waals surface area contributed by atoms with Crippen LogP contribution >= 0.6 is 12.2 Å². The molecule has 0 aliphatic carbocycles. The van der Waals surface area contributed by atoms with Crippen LogP contribution in [0.15, 0.2) is 79.0 Å². The fraction of sp³-hybridized carbons (Fsp3) is 0.185. The van der Waals surface area contributed by atoms with Crippen LogP contribution in [0.25, 0.3) is 5.69 Å². The molecule has 0 radical (unpaired) electrons. The quantitative estimate of drug-likeness (QED) is 0.376. The van der Waals surface area contributed by atoms with Gasteiger partial charge in [-0.05, 0) is 86.6 Å². The maximum absolute atomic E-state index is 15.0. The van der Waals surface area contributed by atoms with Crippen molar-refractivity contribution in [3.63, 3.8) is 0 Å². The number of hydrogen-bond acceptors (Lipinski definition) is 2. The van der Waals surface area contributed by atoms with Gasteiger partial charge in [0.05, 0.1) is 23.5 Å². The van der Waals surface area contributed by atoms with Crippen molar-refractivity contribution in [3.8, 4) is 5.69 Å². The zero-order valence-corrected chi connectivity index (χ0v) is 19.6. The standard InChI is InChI=1S/C27H25FN4S/c1-17-9-8-10-20(15-17)31-18(2)16-21(19(31)3)26-25(23-12-6-7-14-29-23)30-27(33)32(26)24-13-5-4-11-22(24)28/h4-16,25-26H,1-3H3,(H,30,33). The van der Waals surface area contributed by atoms with Gasteiger partial charge in [0, 0.05) is 23.3 Å². The van der Waals surface area contributed by atoms with Crippen molar-refractivity contribution in [1.29, 1.82) is 0 Å². The lowest BCUT2D eigenvalue weighted by Gasteiger charge is -2.28. The first-order valence-corrected chi connectivity index (χ1v) is 11.4. The van der Waals surface area contributed by atoms with Crippen LogP contribution in [0.3, 0.4) is 0 Å². The molecular weight excluding hydrogens is 431 g/mol. The molecule has 1 aliphatic heterocycles. The van der Waals surface area contributed by atoms with Crippen LogP contribution in [0.5, 0.6) is 0 Å². The minimum atomic E-state index is -0.305. The molecule has 3 heterocycles. The first kappa shape index (κ1) is 21.3. The molecule has 2 aromatic carbocycles. The second-order valence-electron chi connectivity index (χ2n) is 8.45. The van der Waals surface area contributed by atoms with E-state index >= 15 is 0 Å². The molecule has 4 nitrogen and oxygen atoms in total. The average molecular weight is 457 g/mol. The fourth-order valence-corrected chi connectivity index (χ4v) is 5.17. The fourth-order valence-electron chi connectivity index (χ4n) is 4.83. The van der Waals surface area contributed by atoms with E-state index in [2.05, 4.69) is 66.0 Å². The molecule has 1 N–H and O–H groups in total. The summed E-state index contributed by atoms with van der Waals surface area (Å²) >= 11 is 5.74. The van der Waals surface area contributed by atoms with Gasteiger partial charge in [0.1, 0.15) is 5.82 Å². The highest BCUT2D eigenvalue weighted by atomic mass is 32.1. The van der Waals surface area contributed by atoms with Gasteiger partial charge in [-0.2, -0.15) is 0 Å². The zero-order chi connectivity index (χ0) is 23.1. The number of benzene rings is 2. The molecule has 0 amide bonds. The first-order chi connectivity index (χ1) is 16.0. The van der Waals surface area contributed by atoms with E-state index in [1.807, 2.05) is 29.2 Å². The number of thiocarbonyl (C=S) groups is 1. The van der Waals surface area contributed by atoms with E-state index in [9.17, 15) is 4.39 Å². The van der Waals surface area contributed by atoms with E-state index < -0.39 is 0 Å². The molecule has 5 rings (SSSR count). The predicted molar refractivity (Wildman–Crippen MR) is 134 cm³/mol. The highest BCUT2D eigenvalue weighted by Crippen LogP contribution is 2.44. The van der Waals surface area contributed by atoms with E-state index in [1.165, 1.54) is 11.6 Å². The van der Waals surface area contributed by atoms with Crippen molar-refractivity contribution in [2.24, 2.45) is 0 Å². The molecule has 0 bridgehead atoms. The summed E-state index contributed by atoms with van der Waals surface area (Å²) in [6.45, 7) is 6.30. The lowest BCUT2D eigenvalue weighted by atomic mass is 9.96. The maximum Gasteiger partial charge on any atom is 0.174 e. The van der Waals surface area contributed by atoms with Crippen molar-refractivity contribution in [2.45, 2.75) is 32.9 Å². The largest absolute Gasteiger partial charge is 0.351 e. The van der Waals surface area contributed by atoms with E-state index in [-0.39, 0.29) is 17.9 Å². The minimum Gasteiger partial charge on any atom is -0.351 e. The van der Waals surface area contributed by atoms with Crippen LogP contribution in [0, 0.1) is 26.6 Å². The summed E-state index contributed by atoms with van der Waals surface area (Å²) in [5.41, 5.74) is 6.92. The topological polar surface area (TPSA) is 33.1 Å². The van der Waals surface area contributed by atoms with Crippen molar-refractivity contribution >= 4 is 23.0 Å². The van der Waals surface area contributed by atoms with Gasteiger partial charge >= 0.3 is 0 Å². The van der Waals surface area contributed by atoms with Crippen LogP contribution in [0.2, 0.25) is 0 Å². The number of halogens is 1. The first-order valence-electron chi connectivity index (χ1n) is 11.0. The minimum absolute atomic E-state index is 0.218. The Bertz CT molecular complexity index is 1330. The molecule has 166 valence electrons. The summed E-state index contributed by atoms with van der Waals surface area (Å²) in [5.74, 6) is -0.305. The number of hydrogen-bond donors (Lipinski definition) is 1. The Hall–Kier alpha value is -3.51. The lowest BCUT2D eigenvalue weighted by molar-refractivity contribution is 0.556. The van der Waals surface area contributed by atoms with Crippen molar-refractivity contribution in [1.82, 2.24) is 14.9 Å². The van der Waals surface area contributed by atoms with Gasteiger partial charge in [0.2, 0.25) is 0 Å². The molecule has 0 spiro atoms. The average Bonchev–Trinajstić information content (AvgIpc) is 3.30. The summed E-state index contributed by atoms with van der Waals surface area (Å²) < 4.78 is 17.2. The molecule has 6 heteroatoms. The highest BCUT2D eigenvalue weighted by Gasteiger charge is 2.43. The van der Waals surface area contributed by atoms with Gasteiger partial charge in [-0.1, -0.05) is 30.3 Å². The molecule has 1 saturated heterocycles. The van der Waals surface area contributed by atoms with Gasteiger partial charge in [0.15, 0.2) is 5.11 Å². The van der Waals surface area contributed by atoms with Crippen molar-refractivity contribution < 1.29 is 4.39 Å². The molecule has 1 fully saturated rings. The number of aryl methyl sites for hydroxylation is 2. The Morgan fingerprint density at radius 2 is 1.73 bits per heavy atom. The van der Waals surface area contributed by atoms with Crippen LogP contribution in [-0.4, -0.2) is 14.7 Å². The summed E-state index contributed by atoms with van der Waals surface area (Å²) in [5, 5.41) is 3.91. The number of anilines is 1. The molecule has 2 atom stereocenters. The summed E-state index contributed by atoms with van der Waals surface area (Å²) in [4.78, 5) is 6.50. The number of aromatic nitrogens is 2. The third-order valence-electron chi connectivity index (χ3n) is 6.26. The predicted octanol–water partition coefficient (Wildman–Crippen LogP) is 6.11. The van der Waals surface area contributed by atoms with E-state index in [0.717, 1.165) is 28.3 Å². The van der Waals surface area contributed by atoms with Crippen molar-refractivity contribution in [3.05, 3.63) is 113 Å². The second kappa shape index (κ2) is 8.45. The molecule has 2 unspecified atom stereocenters. The summed E-state index contributed by atoms with van der Waals surface area (Å²) in [6.07, 6.45) is 1.78. The van der Waals surface area contributed by atoms with Gasteiger partial charge in [0.25, 0.3) is 0 Å². The Morgan fingerprint density at radius 3 is 2.45 bits per heavy atom. The third-order valence-corrected chi connectivity index (χ3v) is 6.57. The van der Waals surface area contributed by atoms with Crippen LogP contribution < -0.4 is 10.2 Å². The maximum atomic E-state index is 15.0. The molecule has 4 aromatic rings. The number of para-hydroxylation sites is 1. The molecule has 1 aliphatic rings. The highest BCUT2D eigenvalue weighted by molar-refractivity contribution is 7.80. The normalized spacial score (nSPS) is 17.9. The third kappa shape index (κ3) is 3.70. The summed E-state index contributed by atoms with van der Waals surface area (Å²) in [7, 11) is 0. The van der Waals surface area contributed by atoms with Crippen LogP contribution in [0.1, 0.15) is 40.3 Å². The van der Waals surface area contributed by atoms with Crippen LogP contribution in [0.4, 0.5) is 10.1 Å². The van der Waals surface area contributed by atoms with E-state index in [0.29, 0.717) is 10.8 Å². The van der Waals surface area contributed by atoms with E-state index in [4.69, 9.17) is 12.2 Å². The zero-order valence-electron chi connectivity index (χ0n) is 18.8. The van der Waals surface area contributed by atoms with Gasteiger partial charge in [-0.3, -0.25) is 4.98 Å². The van der Waals surface area contributed by atoms with Crippen LogP contribution in [-0.2, 0) is 0 Å². The van der Waals surface area contributed by atoms with Gasteiger partial charge < -0.3 is 14.8 Å². The van der Waals surface area contributed by atoms with Gasteiger partial charge in [-0.15, -0.1) is 0 Å². The second-order valence-corrected chi connectivity index (χ2v) is 8.84. The lowest BCUT2D eigenvalue weighted by Crippen LogP contribution is -2.30. The SMILES string of the molecule is Cc1cccc(-n2c(C)cc(C3C(c4ccccn4)NC(=S)N3c3ccccc3F)c2C)c1. The Morgan fingerprint density at radius 1 is 0.939 bits per heavy atom.